The minimum atomic E-state index is -0.239. The lowest BCUT2D eigenvalue weighted by Crippen LogP contribution is -2.34. The highest BCUT2D eigenvalue weighted by molar-refractivity contribution is 9.11. The predicted molar refractivity (Wildman–Crippen MR) is 50.1 cm³/mol. The Labute approximate surface area is 80.3 Å². The zero-order chi connectivity index (χ0) is 8.97. The molecule has 0 aromatic rings. The molecule has 0 aromatic carbocycles. The first-order valence-electron chi connectivity index (χ1n) is 3.93. The maximum atomic E-state index is 11.3. The van der Waals surface area contributed by atoms with E-state index in [9.17, 15) is 4.79 Å². The first-order chi connectivity index (χ1) is 5.70. The van der Waals surface area contributed by atoms with Gasteiger partial charge in [0, 0.05) is 17.6 Å². The third-order valence-corrected chi connectivity index (χ3v) is 1.96. The highest BCUT2D eigenvalue weighted by Crippen LogP contribution is 2.11. The summed E-state index contributed by atoms with van der Waals surface area (Å²) in [7, 11) is 0. The van der Waals surface area contributed by atoms with Crippen LogP contribution in [-0.2, 0) is 9.53 Å². The van der Waals surface area contributed by atoms with Gasteiger partial charge < -0.3 is 10.1 Å². The van der Waals surface area contributed by atoms with Gasteiger partial charge in [0.1, 0.15) is 6.10 Å². The minimum Gasteiger partial charge on any atom is -0.368 e. The van der Waals surface area contributed by atoms with E-state index in [-0.39, 0.29) is 12.0 Å². The second-order valence-corrected chi connectivity index (χ2v) is 3.86. The van der Waals surface area contributed by atoms with Gasteiger partial charge in [-0.3, -0.25) is 4.79 Å². The summed E-state index contributed by atoms with van der Waals surface area (Å²) < 4.78 is 5.96. The average molecular weight is 234 g/mol. The van der Waals surface area contributed by atoms with Crippen molar-refractivity contribution < 1.29 is 9.53 Å². The molecule has 0 bridgehead atoms. The lowest BCUT2D eigenvalue weighted by atomic mass is 10.2. The molecule has 0 aromatic heterocycles. The van der Waals surface area contributed by atoms with Crippen LogP contribution >= 0.6 is 15.9 Å². The monoisotopic (exact) mass is 233 g/mol. The molecule has 0 saturated carbocycles. The van der Waals surface area contributed by atoms with Crippen LogP contribution < -0.4 is 5.32 Å². The number of hydrogen-bond acceptors (Lipinski definition) is 2. The smallest absolute Gasteiger partial charge is 0.249 e. The lowest BCUT2D eigenvalue weighted by molar-refractivity contribution is -0.129. The Kier molecular flexibility index (Phi) is 3.75. The summed E-state index contributed by atoms with van der Waals surface area (Å²) in [6.45, 7) is 4.79. The molecule has 4 heteroatoms. The second-order valence-electron chi connectivity index (χ2n) is 2.74. The van der Waals surface area contributed by atoms with E-state index in [0.29, 0.717) is 13.2 Å². The molecule has 1 fully saturated rings. The van der Waals surface area contributed by atoms with Gasteiger partial charge in [0.05, 0.1) is 0 Å². The van der Waals surface area contributed by atoms with E-state index in [1.54, 1.807) is 0 Å². The van der Waals surface area contributed by atoms with Crippen molar-refractivity contribution in [2.45, 2.75) is 18.9 Å². The van der Waals surface area contributed by atoms with Gasteiger partial charge in [0.2, 0.25) is 5.91 Å². The van der Waals surface area contributed by atoms with E-state index in [1.165, 1.54) is 0 Å². The molecule has 1 rings (SSSR count). The fourth-order valence-electron chi connectivity index (χ4n) is 1.08. The summed E-state index contributed by atoms with van der Waals surface area (Å²) in [6.07, 6.45) is 1.57. The van der Waals surface area contributed by atoms with Crippen molar-refractivity contribution in [3.63, 3.8) is 0 Å². The van der Waals surface area contributed by atoms with E-state index in [0.717, 1.165) is 17.3 Å². The molecule has 3 nitrogen and oxygen atoms in total. The van der Waals surface area contributed by atoms with Gasteiger partial charge in [-0.05, 0) is 12.8 Å². The Hall–Kier alpha value is -0.350. The fraction of sp³-hybridized carbons (Fsp3) is 0.625. The molecule has 1 amide bonds. The van der Waals surface area contributed by atoms with Crippen LogP contribution in [0, 0.1) is 0 Å². The molecule has 1 aliphatic rings. The van der Waals surface area contributed by atoms with Gasteiger partial charge in [0.25, 0.3) is 0 Å². The van der Waals surface area contributed by atoms with Crippen molar-refractivity contribution in [1.82, 2.24) is 5.32 Å². The van der Waals surface area contributed by atoms with Crippen molar-refractivity contribution >= 4 is 21.8 Å². The van der Waals surface area contributed by atoms with Crippen molar-refractivity contribution in [2.75, 3.05) is 13.2 Å². The van der Waals surface area contributed by atoms with Gasteiger partial charge in [0.15, 0.2) is 0 Å². The third-order valence-electron chi connectivity index (χ3n) is 1.68. The Morgan fingerprint density at radius 3 is 3.00 bits per heavy atom. The van der Waals surface area contributed by atoms with Crippen LogP contribution in [0.25, 0.3) is 0 Å². The number of nitrogens with one attached hydrogen (secondary N) is 1. The standard InChI is InChI=1S/C8H12BrNO2/c1-6(9)5-10-8(11)7-3-2-4-12-7/h7H,1-5H2,(H,10,11)/t7-/m0/s1. The SMILES string of the molecule is C=C(Br)CNC(=O)[C@@H]1CCCO1. The van der Waals surface area contributed by atoms with Crippen LogP contribution in [-0.4, -0.2) is 25.2 Å². The number of carbonyl (C=O) groups is 1. The first kappa shape index (κ1) is 9.74. The number of amides is 1. The van der Waals surface area contributed by atoms with E-state index >= 15 is 0 Å². The van der Waals surface area contributed by atoms with Gasteiger partial charge >= 0.3 is 0 Å². The molecule has 0 unspecified atom stereocenters. The molecule has 1 heterocycles. The topological polar surface area (TPSA) is 38.3 Å². The Morgan fingerprint density at radius 1 is 1.75 bits per heavy atom. The van der Waals surface area contributed by atoms with E-state index in [1.807, 2.05) is 0 Å². The number of rotatable bonds is 3. The molecule has 12 heavy (non-hydrogen) atoms. The van der Waals surface area contributed by atoms with Crippen LogP contribution in [0.15, 0.2) is 11.1 Å². The van der Waals surface area contributed by atoms with Gasteiger partial charge in [-0.1, -0.05) is 22.5 Å². The fourth-order valence-corrected chi connectivity index (χ4v) is 1.22. The molecular weight excluding hydrogens is 222 g/mol. The Balaban J connectivity index is 2.23. The lowest BCUT2D eigenvalue weighted by Gasteiger charge is -2.09. The maximum absolute atomic E-state index is 11.3. The summed E-state index contributed by atoms with van der Waals surface area (Å²) in [5.41, 5.74) is 0. The van der Waals surface area contributed by atoms with Gasteiger partial charge in [-0.2, -0.15) is 0 Å². The average Bonchev–Trinajstić information content (AvgIpc) is 2.51. The molecule has 68 valence electrons. The Bertz CT molecular complexity index is 187. The molecule has 1 aliphatic heterocycles. The summed E-state index contributed by atoms with van der Waals surface area (Å²) in [5.74, 6) is -0.0342. The molecule has 1 N–H and O–H groups in total. The maximum Gasteiger partial charge on any atom is 0.249 e. The number of carbonyl (C=O) groups excluding carboxylic acids is 1. The molecule has 1 atom stereocenters. The van der Waals surface area contributed by atoms with Crippen molar-refractivity contribution in [2.24, 2.45) is 0 Å². The summed E-state index contributed by atoms with van der Waals surface area (Å²) in [4.78, 5) is 11.3. The van der Waals surface area contributed by atoms with E-state index < -0.39 is 0 Å². The van der Waals surface area contributed by atoms with Crippen LogP contribution in [0.4, 0.5) is 0 Å². The van der Waals surface area contributed by atoms with E-state index in [2.05, 4.69) is 27.8 Å². The number of halogens is 1. The normalized spacial score (nSPS) is 22.2. The summed E-state index contributed by atoms with van der Waals surface area (Å²) in [6, 6.07) is 0. The summed E-state index contributed by atoms with van der Waals surface area (Å²) in [5, 5.41) is 2.71. The molecular formula is C8H12BrNO2. The number of ether oxygens (including phenoxy) is 1. The third kappa shape index (κ3) is 2.95. The molecule has 0 radical (unpaired) electrons. The first-order valence-corrected chi connectivity index (χ1v) is 4.72. The minimum absolute atomic E-state index is 0.0342. The summed E-state index contributed by atoms with van der Waals surface area (Å²) >= 11 is 3.16. The van der Waals surface area contributed by atoms with Gasteiger partial charge in [-0.25, -0.2) is 0 Å². The van der Waals surface area contributed by atoms with Crippen molar-refractivity contribution in [3.05, 3.63) is 11.1 Å². The quantitative estimate of drug-likeness (QED) is 0.796. The second kappa shape index (κ2) is 4.62. The Morgan fingerprint density at radius 2 is 2.50 bits per heavy atom. The zero-order valence-electron chi connectivity index (χ0n) is 6.81. The molecule has 0 spiro atoms. The zero-order valence-corrected chi connectivity index (χ0v) is 8.39. The van der Waals surface area contributed by atoms with Gasteiger partial charge in [-0.15, -0.1) is 0 Å². The highest BCUT2D eigenvalue weighted by Gasteiger charge is 2.22. The van der Waals surface area contributed by atoms with Crippen LogP contribution in [0.2, 0.25) is 0 Å². The highest BCUT2D eigenvalue weighted by atomic mass is 79.9. The van der Waals surface area contributed by atoms with Crippen LogP contribution in [0.3, 0.4) is 0 Å². The molecule has 1 saturated heterocycles. The predicted octanol–water partition coefficient (Wildman–Crippen LogP) is 1.19. The number of hydrogen-bond donors (Lipinski definition) is 1. The molecule has 0 aliphatic carbocycles. The van der Waals surface area contributed by atoms with Crippen LogP contribution in [0.1, 0.15) is 12.8 Å². The van der Waals surface area contributed by atoms with E-state index in [4.69, 9.17) is 4.74 Å². The van der Waals surface area contributed by atoms with Crippen LogP contribution in [0.5, 0.6) is 0 Å². The largest absolute Gasteiger partial charge is 0.368 e. The van der Waals surface area contributed by atoms with Crippen molar-refractivity contribution in [1.29, 1.82) is 0 Å². The van der Waals surface area contributed by atoms with Crippen molar-refractivity contribution in [3.8, 4) is 0 Å².